The second-order valence-corrected chi connectivity index (χ2v) is 8.17. The molecular weight excluding hydrogens is 371 g/mol. The van der Waals surface area contributed by atoms with Gasteiger partial charge in [0.05, 0.1) is 24.5 Å². The van der Waals surface area contributed by atoms with E-state index < -0.39 is 21.7 Å². The van der Waals surface area contributed by atoms with Crippen molar-refractivity contribution in [1.82, 2.24) is 9.62 Å². The van der Waals surface area contributed by atoms with Gasteiger partial charge in [0.2, 0.25) is 10.0 Å². The fraction of sp³-hybridized carbons (Fsp3) is 0.316. The Morgan fingerprint density at radius 1 is 1.04 bits per heavy atom. The molecule has 0 saturated carbocycles. The van der Waals surface area contributed by atoms with E-state index >= 15 is 0 Å². The molecule has 0 unspecified atom stereocenters. The molecule has 0 atom stereocenters. The molecule has 0 radical (unpaired) electrons. The molecule has 0 aromatic heterocycles. The van der Waals surface area contributed by atoms with Crippen molar-refractivity contribution in [3.8, 4) is 0 Å². The highest BCUT2D eigenvalue weighted by Crippen LogP contribution is 2.17. The van der Waals surface area contributed by atoms with Gasteiger partial charge in [0.25, 0.3) is 5.91 Å². The van der Waals surface area contributed by atoms with Gasteiger partial charge in [0.1, 0.15) is 5.82 Å². The van der Waals surface area contributed by atoms with Gasteiger partial charge in [-0.1, -0.05) is 36.4 Å². The Kier molecular flexibility index (Phi) is 6.20. The predicted molar refractivity (Wildman–Crippen MR) is 99.0 cm³/mol. The molecule has 0 aliphatic carbocycles. The van der Waals surface area contributed by atoms with Crippen LogP contribution in [0, 0.1) is 5.82 Å². The van der Waals surface area contributed by atoms with Crippen LogP contribution in [0.4, 0.5) is 4.39 Å². The van der Waals surface area contributed by atoms with Crippen molar-refractivity contribution in [2.24, 2.45) is 0 Å². The third-order valence-corrected chi connectivity index (χ3v) is 6.21. The van der Waals surface area contributed by atoms with E-state index in [1.807, 2.05) is 0 Å². The van der Waals surface area contributed by atoms with Crippen LogP contribution >= 0.6 is 0 Å². The first kappa shape index (κ1) is 19.5. The van der Waals surface area contributed by atoms with Crippen molar-refractivity contribution >= 4 is 15.9 Å². The zero-order valence-electron chi connectivity index (χ0n) is 14.7. The van der Waals surface area contributed by atoms with Crippen LogP contribution in [0.3, 0.4) is 0 Å². The summed E-state index contributed by atoms with van der Waals surface area (Å²) in [5, 5.41) is 2.65. The lowest BCUT2D eigenvalue weighted by Crippen LogP contribution is -2.41. The number of carbonyl (C=O) groups is 1. The summed E-state index contributed by atoms with van der Waals surface area (Å²) in [6.07, 6.45) is 0. The second-order valence-electron chi connectivity index (χ2n) is 6.20. The highest BCUT2D eigenvalue weighted by molar-refractivity contribution is 7.88. The number of benzene rings is 2. The number of hydrogen-bond acceptors (Lipinski definition) is 4. The van der Waals surface area contributed by atoms with E-state index in [2.05, 4.69) is 5.32 Å². The largest absolute Gasteiger partial charge is 0.379 e. The summed E-state index contributed by atoms with van der Waals surface area (Å²) in [6, 6.07) is 12.7. The molecule has 1 fully saturated rings. The summed E-state index contributed by atoms with van der Waals surface area (Å²) >= 11 is 0. The first-order valence-electron chi connectivity index (χ1n) is 8.62. The van der Waals surface area contributed by atoms with Gasteiger partial charge in [-0.05, 0) is 23.3 Å². The highest BCUT2D eigenvalue weighted by atomic mass is 32.2. The summed E-state index contributed by atoms with van der Waals surface area (Å²) < 4.78 is 45.6. The number of rotatable bonds is 6. The van der Waals surface area contributed by atoms with Crippen LogP contribution < -0.4 is 5.32 Å². The van der Waals surface area contributed by atoms with Gasteiger partial charge in [-0.15, -0.1) is 0 Å². The minimum Gasteiger partial charge on any atom is -0.379 e. The molecule has 8 heteroatoms. The van der Waals surface area contributed by atoms with Gasteiger partial charge in [-0.2, -0.15) is 4.31 Å². The number of hydrogen-bond donors (Lipinski definition) is 1. The number of halogens is 1. The second kappa shape index (κ2) is 8.60. The summed E-state index contributed by atoms with van der Waals surface area (Å²) in [4.78, 5) is 12.2. The number of morpholine rings is 1. The fourth-order valence-electron chi connectivity index (χ4n) is 2.90. The summed E-state index contributed by atoms with van der Waals surface area (Å²) in [6.45, 7) is 1.57. The number of amides is 1. The van der Waals surface area contributed by atoms with Gasteiger partial charge < -0.3 is 10.1 Å². The van der Waals surface area contributed by atoms with Crippen LogP contribution in [-0.2, 0) is 27.1 Å². The van der Waals surface area contributed by atoms with E-state index in [-0.39, 0.29) is 17.9 Å². The number of nitrogens with one attached hydrogen (secondary N) is 1. The maximum Gasteiger partial charge on any atom is 0.254 e. The lowest BCUT2D eigenvalue weighted by atomic mass is 10.1. The topological polar surface area (TPSA) is 75.7 Å². The molecule has 1 N–H and O–H groups in total. The predicted octanol–water partition coefficient (Wildman–Crippen LogP) is 1.92. The third-order valence-electron chi connectivity index (χ3n) is 4.38. The zero-order chi connectivity index (χ0) is 19.3. The molecule has 2 aromatic carbocycles. The van der Waals surface area contributed by atoms with E-state index in [0.717, 1.165) is 0 Å². The molecule has 1 saturated heterocycles. The summed E-state index contributed by atoms with van der Waals surface area (Å²) in [7, 11) is -3.48. The minimum absolute atomic E-state index is 0.0454. The number of nitrogens with zero attached hydrogens (tertiary/aromatic N) is 1. The van der Waals surface area contributed by atoms with Gasteiger partial charge in [0.15, 0.2) is 0 Å². The molecule has 0 bridgehead atoms. The Morgan fingerprint density at radius 2 is 1.67 bits per heavy atom. The summed E-state index contributed by atoms with van der Waals surface area (Å²) in [5.74, 6) is -1.30. The van der Waals surface area contributed by atoms with Crippen LogP contribution in [0.2, 0.25) is 0 Å². The van der Waals surface area contributed by atoms with Crippen LogP contribution in [0.25, 0.3) is 0 Å². The van der Waals surface area contributed by atoms with Crippen molar-refractivity contribution in [1.29, 1.82) is 0 Å². The van der Waals surface area contributed by atoms with Gasteiger partial charge in [-0.25, -0.2) is 12.8 Å². The maximum atomic E-state index is 13.7. The number of ether oxygens (including phenoxy) is 1. The highest BCUT2D eigenvalue weighted by Gasteiger charge is 2.25. The maximum absolute atomic E-state index is 13.7. The molecular formula is C19H21FN2O4S. The lowest BCUT2D eigenvalue weighted by molar-refractivity contribution is 0.0729. The van der Waals surface area contributed by atoms with Crippen LogP contribution in [0.15, 0.2) is 48.5 Å². The standard InChI is InChI=1S/C19H21FN2O4S/c20-18-8-4-3-7-17(18)19(23)21-13-15-5-1-2-6-16(15)14-27(24,25)22-9-11-26-12-10-22/h1-8H,9-14H2,(H,21,23). The lowest BCUT2D eigenvalue weighted by Gasteiger charge is -2.26. The Bertz CT molecular complexity index is 911. The number of sulfonamides is 1. The van der Waals surface area contributed by atoms with E-state index in [1.54, 1.807) is 30.3 Å². The first-order valence-corrected chi connectivity index (χ1v) is 10.2. The minimum atomic E-state index is -3.48. The average molecular weight is 392 g/mol. The Labute approximate surface area is 158 Å². The normalized spacial score (nSPS) is 15.4. The molecule has 2 aromatic rings. The van der Waals surface area contributed by atoms with Gasteiger partial charge >= 0.3 is 0 Å². The van der Waals surface area contributed by atoms with Crippen LogP contribution in [-0.4, -0.2) is 44.9 Å². The van der Waals surface area contributed by atoms with Crippen LogP contribution in [0.5, 0.6) is 0 Å². The molecule has 1 aliphatic heterocycles. The number of carbonyl (C=O) groups excluding carboxylic acids is 1. The fourth-order valence-corrected chi connectivity index (χ4v) is 4.46. The Balaban J connectivity index is 1.70. The first-order chi connectivity index (χ1) is 13.0. The van der Waals surface area contributed by atoms with E-state index in [1.165, 1.54) is 22.5 Å². The monoisotopic (exact) mass is 392 g/mol. The third kappa shape index (κ3) is 4.91. The van der Waals surface area contributed by atoms with E-state index in [4.69, 9.17) is 4.74 Å². The molecule has 144 valence electrons. The van der Waals surface area contributed by atoms with Crippen molar-refractivity contribution in [2.45, 2.75) is 12.3 Å². The van der Waals surface area contributed by atoms with Crippen molar-refractivity contribution in [2.75, 3.05) is 26.3 Å². The van der Waals surface area contributed by atoms with Gasteiger partial charge in [0, 0.05) is 19.6 Å². The molecule has 3 rings (SSSR count). The quantitative estimate of drug-likeness (QED) is 0.815. The Morgan fingerprint density at radius 3 is 2.37 bits per heavy atom. The van der Waals surface area contributed by atoms with Crippen molar-refractivity contribution < 1.29 is 22.3 Å². The van der Waals surface area contributed by atoms with E-state index in [0.29, 0.717) is 37.4 Å². The van der Waals surface area contributed by atoms with Crippen LogP contribution in [0.1, 0.15) is 21.5 Å². The molecule has 1 aliphatic rings. The van der Waals surface area contributed by atoms with Crippen molar-refractivity contribution in [3.63, 3.8) is 0 Å². The SMILES string of the molecule is O=C(NCc1ccccc1CS(=O)(=O)N1CCOCC1)c1ccccc1F. The Hall–Kier alpha value is -2.29. The molecule has 1 amide bonds. The molecule has 27 heavy (non-hydrogen) atoms. The molecule has 6 nitrogen and oxygen atoms in total. The molecule has 1 heterocycles. The molecule has 0 spiro atoms. The van der Waals surface area contributed by atoms with Gasteiger partial charge in [-0.3, -0.25) is 4.79 Å². The summed E-state index contributed by atoms with van der Waals surface area (Å²) in [5.41, 5.74) is 1.24. The average Bonchev–Trinajstić information content (AvgIpc) is 2.68. The smallest absolute Gasteiger partial charge is 0.254 e. The zero-order valence-corrected chi connectivity index (χ0v) is 15.5. The van der Waals surface area contributed by atoms with E-state index in [9.17, 15) is 17.6 Å². The van der Waals surface area contributed by atoms with Crippen molar-refractivity contribution in [3.05, 3.63) is 71.0 Å².